The Kier molecular flexibility index (Phi) is 9.28. The third-order valence-electron chi connectivity index (χ3n) is 7.09. The number of hydrogen-bond acceptors (Lipinski definition) is 5. The van der Waals surface area contributed by atoms with Crippen LogP contribution in [0.5, 0.6) is 0 Å². The van der Waals surface area contributed by atoms with Crippen molar-refractivity contribution < 1.29 is 24.2 Å². The highest BCUT2D eigenvalue weighted by atomic mass is 16.5. The van der Waals surface area contributed by atoms with E-state index in [-0.39, 0.29) is 30.9 Å². The number of amides is 2. The van der Waals surface area contributed by atoms with E-state index in [2.05, 4.69) is 5.32 Å². The Morgan fingerprint density at radius 2 is 1.88 bits per heavy atom. The summed E-state index contributed by atoms with van der Waals surface area (Å²) in [6.45, 7) is 6.27. The van der Waals surface area contributed by atoms with Gasteiger partial charge in [0.1, 0.15) is 6.04 Å². The molecule has 1 saturated heterocycles. The molecule has 186 valence electrons. The summed E-state index contributed by atoms with van der Waals surface area (Å²) in [4.78, 5) is 41.9. The number of likely N-dealkylation sites (tertiary alicyclic amines) is 1. The number of unbranched alkanes of at least 4 members (excludes halogenated alkanes) is 1. The molecule has 0 unspecified atom stereocenters. The first-order valence-electron chi connectivity index (χ1n) is 12.6. The van der Waals surface area contributed by atoms with Crippen LogP contribution in [0.1, 0.15) is 45.6 Å². The molecule has 0 aromatic heterocycles. The number of aliphatic hydroxyl groups is 1. The van der Waals surface area contributed by atoms with Gasteiger partial charge in [0.25, 0.3) is 0 Å². The van der Waals surface area contributed by atoms with Crippen LogP contribution in [0.3, 0.4) is 0 Å². The zero-order valence-electron chi connectivity index (χ0n) is 20.5. The molecule has 7 nitrogen and oxygen atoms in total. The molecule has 7 heteroatoms. The minimum atomic E-state index is -0.777. The average molecular weight is 471 g/mol. The summed E-state index contributed by atoms with van der Waals surface area (Å²) in [5.41, 5.74) is 0.971. The average Bonchev–Trinajstić information content (AvgIpc) is 3.15. The van der Waals surface area contributed by atoms with E-state index in [1.807, 2.05) is 56.3 Å². The molecule has 6 atom stereocenters. The summed E-state index contributed by atoms with van der Waals surface area (Å²) in [6.07, 6.45) is 6.80. The van der Waals surface area contributed by atoms with Crippen LogP contribution < -0.4 is 5.32 Å². The zero-order valence-corrected chi connectivity index (χ0v) is 20.5. The van der Waals surface area contributed by atoms with Crippen molar-refractivity contribution in [2.45, 2.75) is 58.5 Å². The van der Waals surface area contributed by atoms with Gasteiger partial charge in [-0.25, -0.2) is 0 Å². The first-order valence-corrected chi connectivity index (χ1v) is 12.6. The quantitative estimate of drug-likeness (QED) is 0.295. The number of fused-ring (bicyclic) bond motifs is 1. The molecule has 2 amide bonds. The van der Waals surface area contributed by atoms with Crippen LogP contribution in [0.4, 0.5) is 0 Å². The molecule has 1 fully saturated rings. The number of aliphatic hydroxyl groups excluding tert-OH is 1. The van der Waals surface area contributed by atoms with E-state index in [1.165, 1.54) is 0 Å². The van der Waals surface area contributed by atoms with Gasteiger partial charge in [-0.1, -0.05) is 62.8 Å². The smallest absolute Gasteiger partial charge is 0.310 e. The van der Waals surface area contributed by atoms with Crippen LogP contribution in [-0.2, 0) is 25.5 Å². The number of esters is 1. The zero-order chi connectivity index (χ0) is 24.7. The van der Waals surface area contributed by atoms with Gasteiger partial charge in [-0.3, -0.25) is 14.4 Å². The summed E-state index contributed by atoms with van der Waals surface area (Å²) in [6, 6.07) is 8.28. The lowest BCUT2D eigenvalue weighted by atomic mass is 9.69. The van der Waals surface area contributed by atoms with Crippen LogP contribution in [0.2, 0.25) is 0 Å². The van der Waals surface area contributed by atoms with Crippen molar-refractivity contribution in [1.82, 2.24) is 10.2 Å². The number of carbonyl (C=O) groups excluding carboxylic acids is 3. The van der Waals surface area contributed by atoms with Gasteiger partial charge in [-0.2, -0.15) is 0 Å². The fraction of sp³-hybridized carbons (Fsp3) is 0.593. The second-order valence-corrected chi connectivity index (χ2v) is 9.20. The molecule has 1 aliphatic heterocycles. The van der Waals surface area contributed by atoms with Crippen LogP contribution in [-0.4, -0.2) is 59.6 Å². The topological polar surface area (TPSA) is 95.9 Å². The first kappa shape index (κ1) is 25.9. The molecule has 0 radical (unpaired) electrons. The standard InChI is InChI=1S/C27H38N2O5/c1-4-7-15-28-25(31)24-21-14-13-19(5-2)22(27(33)34-6-3)23(21)26(32)29(24)20(17-30)16-18-11-9-8-10-12-18/h8-14,19-24,30H,4-7,15-17H2,1-3H3,(H,28,31)/t19-,20-,21+,22-,23+,24+/m1/s1. The van der Waals surface area contributed by atoms with E-state index >= 15 is 0 Å². The summed E-state index contributed by atoms with van der Waals surface area (Å²) in [5, 5.41) is 13.3. The van der Waals surface area contributed by atoms with E-state index in [0.717, 1.165) is 18.4 Å². The van der Waals surface area contributed by atoms with Crippen LogP contribution in [0.15, 0.2) is 42.5 Å². The van der Waals surface area contributed by atoms with Gasteiger partial charge in [0, 0.05) is 12.5 Å². The number of rotatable bonds is 11. The molecular formula is C27H38N2O5. The fourth-order valence-corrected chi connectivity index (χ4v) is 5.42. The van der Waals surface area contributed by atoms with Crippen LogP contribution in [0.25, 0.3) is 0 Å². The molecule has 34 heavy (non-hydrogen) atoms. The SMILES string of the molecule is CCCCNC(=O)[C@@H]1[C@H]2C=C[C@@H](CC)[C@@H](C(=O)OCC)[C@H]2C(=O)N1[C@@H](CO)Cc1ccccc1. The predicted molar refractivity (Wildman–Crippen MR) is 130 cm³/mol. The van der Waals surface area contributed by atoms with Crippen LogP contribution >= 0.6 is 0 Å². The van der Waals surface area contributed by atoms with Crippen molar-refractivity contribution in [3.8, 4) is 0 Å². The highest BCUT2D eigenvalue weighted by Gasteiger charge is 2.58. The highest BCUT2D eigenvalue weighted by Crippen LogP contribution is 2.46. The Morgan fingerprint density at radius 1 is 1.15 bits per heavy atom. The first-order chi connectivity index (χ1) is 16.5. The van der Waals surface area contributed by atoms with Gasteiger partial charge >= 0.3 is 5.97 Å². The van der Waals surface area contributed by atoms with Crippen LogP contribution in [0, 0.1) is 23.7 Å². The number of benzene rings is 1. The molecule has 2 aliphatic rings. The lowest BCUT2D eigenvalue weighted by Crippen LogP contribution is -2.53. The molecule has 2 N–H and O–H groups in total. The van der Waals surface area contributed by atoms with Crippen molar-refractivity contribution in [1.29, 1.82) is 0 Å². The van der Waals surface area contributed by atoms with Crippen molar-refractivity contribution in [3.63, 3.8) is 0 Å². The van der Waals surface area contributed by atoms with E-state index in [1.54, 1.807) is 11.8 Å². The lowest BCUT2D eigenvalue weighted by molar-refractivity contribution is -0.156. The Balaban J connectivity index is 2.00. The summed E-state index contributed by atoms with van der Waals surface area (Å²) in [5.74, 6) is -2.77. The lowest BCUT2D eigenvalue weighted by Gasteiger charge is -2.34. The van der Waals surface area contributed by atoms with E-state index < -0.39 is 35.8 Å². The number of nitrogens with one attached hydrogen (secondary N) is 1. The number of hydrogen-bond donors (Lipinski definition) is 2. The molecule has 1 aromatic rings. The molecule has 1 heterocycles. The largest absolute Gasteiger partial charge is 0.466 e. The highest BCUT2D eigenvalue weighted by molar-refractivity contribution is 5.96. The minimum Gasteiger partial charge on any atom is -0.466 e. The molecule has 0 saturated carbocycles. The van der Waals surface area contributed by atoms with Gasteiger partial charge in [-0.15, -0.1) is 0 Å². The van der Waals surface area contributed by atoms with Crippen molar-refractivity contribution in [3.05, 3.63) is 48.0 Å². The van der Waals surface area contributed by atoms with Gasteiger partial charge in [0.15, 0.2) is 0 Å². The number of carbonyl (C=O) groups is 3. The van der Waals surface area contributed by atoms with Crippen molar-refractivity contribution in [2.24, 2.45) is 23.7 Å². The summed E-state index contributed by atoms with van der Waals surface area (Å²) < 4.78 is 5.37. The number of allylic oxidation sites excluding steroid dienone is 1. The second kappa shape index (κ2) is 12.2. The third kappa shape index (κ3) is 5.35. The van der Waals surface area contributed by atoms with Gasteiger partial charge in [0.05, 0.1) is 31.1 Å². The minimum absolute atomic E-state index is 0.130. The van der Waals surface area contributed by atoms with Gasteiger partial charge in [0.2, 0.25) is 11.8 Å². The van der Waals surface area contributed by atoms with Crippen molar-refractivity contribution >= 4 is 17.8 Å². The Morgan fingerprint density at radius 3 is 2.50 bits per heavy atom. The number of ether oxygens (including phenoxy) is 1. The third-order valence-corrected chi connectivity index (χ3v) is 7.09. The molecule has 0 spiro atoms. The van der Waals surface area contributed by atoms with E-state index in [4.69, 9.17) is 4.74 Å². The summed E-state index contributed by atoms with van der Waals surface area (Å²) >= 11 is 0. The van der Waals surface area contributed by atoms with E-state index in [0.29, 0.717) is 19.4 Å². The normalized spacial score (nSPS) is 26.8. The molecular weight excluding hydrogens is 432 g/mol. The predicted octanol–water partition coefficient (Wildman–Crippen LogP) is 2.72. The van der Waals surface area contributed by atoms with Crippen molar-refractivity contribution in [2.75, 3.05) is 19.8 Å². The molecule has 1 aliphatic carbocycles. The Labute approximate surface area is 202 Å². The number of nitrogens with zero attached hydrogens (tertiary/aromatic N) is 1. The van der Waals surface area contributed by atoms with E-state index in [9.17, 15) is 19.5 Å². The fourth-order valence-electron chi connectivity index (χ4n) is 5.42. The molecule has 0 bridgehead atoms. The Bertz CT molecular complexity index is 871. The Hall–Kier alpha value is -2.67. The maximum Gasteiger partial charge on any atom is 0.310 e. The summed E-state index contributed by atoms with van der Waals surface area (Å²) in [7, 11) is 0. The molecule has 1 aromatic carbocycles. The molecule has 3 rings (SSSR count). The van der Waals surface area contributed by atoms with Gasteiger partial charge in [-0.05, 0) is 37.7 Å². The maximum atomic E-state index is 13.9. The monoisotopic (exact) mass is 470 g/mol. The van der Waals surface area contributed by atoms with Gasteiger partial charge < -0.3 is 20.1 Å². The maximum absolute atomic E-state index is 13.9. The second-order valence-electron chi connectivity index (χ2n) is 9.20.